The lowest BCUT2D eigenvalue weighted by atomic mass is 10.1. The molecule has 0 fully saturated rings. The van der Waals surface area contributed by atoms with Crippen molar-refractivity contribution in [3.63, 3.8) is 0 Å². The van der Waals surface area contributed by atoms with E-state index in [1.807, 2.05) is 0 Å². The summed E-state index contributed by atoms with van der Waals surface area (Å²) < 4.78 is 135. The second-order valence-electron chi connectivity index (χ2n) is 10.3. The predicted molar refractivity (Wildman–Crippen MR) is 116 cm³/mol. The van der Waals surface area contributed by atoms with Crippen molar-refractivity contribution in [2.45, 2.75) is 78.7 Å². The fourth-order valence-corrected chi connectivity index (χ4v) is 11.6. The Balaban J connectivity index is 0. The van der Waals surface area contributed by atoms with E-state index in [1.54, 1.807) is 0 Å². The van der Waals surface area contributed by atoms with Gasteiger partial charge in [0.2, 0.25) is 0 Å². The van der Waals surface area contributed by atoms with E-state index in [0.717, 1.165) is 23.7 Å². The molecule has 14 heteroatoms. The zero-order valence-electron chi connectivity index (χ0n) is 20.6. The first-order valence-corrected chi connectivity index (χ1v) is 14.6. The van der Waals surface area contributed by atoms with Crippen molar-refractivity contribution in [1.29, 1.82) is 0 Å². The summed E-state index contributed by atoms with van der Waals surface area (Å²) in [6.45, 7) is 19.3. The van der Waals surface area contributed by atoms with Gasteiger partial charge in [-0.25, -0.2) is 8.42 Å². The molecule has 0 rings (SSSR count). The number of hydrogen-bond acceptors (Lipinski definition) is 3. The molecule has 0 aliphatic rings. The molecule has 0 saturated carbocycles. The Morgan fingerprint density at radius 1 is 0.588 bits per heavy atom. The zero-order chi connectivity index (χ0) is 28.1. The van der Waals surface area contributed by atoms with Crippen LogP contribution in [0, 0.1) is 23.7 Å². The molecular formula is C20H36F9O3PS. The molecule has 0 atom stereocenters. The molecule has 0 unspecified atom stereocenters. The fraction of sp³-hybridized carbons (Fsp3) is 1.00. The van der Waals surface area contributed by atoms with Gasteiger partial charge in [-0.3, -0.25) is 0 Å². The lowest BCUT2D eigenvalue weighted by Crippen LogP contribution is -2.63. The summed E-state index contributed by atoms with van der Waals surface area (Å²) in [6, 6.07) is 0. The minimum absolute atomic E-state index is 0.721. The second-order valence-corrected chi connectivity index (χ2v) is 15.8. The van der Waals surface area contributed by atoms with Gasteiger partial charge in [0.25, 0.3) is 0 Å². The minimum atomic E-state index is -7.43. The summed E-state index contributed by atoms with van der Waals surface area (Å²) in [7, 11) is -8.14. The summed E-state index contributed by atoms with van der Waals surface area (Å²) in [6.07, 6.45) is -1.10. The van der Waals surface area contributed by atoms with Gasteiger partial charge in [-0.05, 0) is 23.7 Å². The van der Waals surface area contributed by atoms with Crippen molar-refractivity contribution in [3.05, 3.63) is 0 Å². The Bertz CT molecular complexity index is 674. The molecule has 0 saturated heterocycles. The van der Waals surface area contributed by atoms with Gasteiger partial charge in [0.15, 0.2) is 10.1 Å². The van der Waals surface area contributed by atoms with E-state index in [2.05, 4.69) is 55.4 Å². The van der Waals surface area contributed by atoms with Crippen LogP contribution >= 0.6 is 7.26 Å². The van der Waals surface area contributed by atoms with Crippen LogP contribution in [0.2, 0.25) is 0 Å². The van der Waals surface area contributed by atoms with Gasteiger partial charge in [0, 0.05) is 7.26 Å². The van der Waals surface area contributed by atoms with Gasteiger partial charge >= 0.3 is 23.3 Å². The SMILES string of the molecule is CC(C)C[P+](CC(C)C)(CC(C)C)CC(C)C.O=S(=O)([O-])C(F)(F)C(F)(F)C(F)(F)C(F)(F)F. The van der Waals surface area contributed by atoms with Crippen LogP contribution in [0.4, 0.5) is 39.5 Å². The zero-order valence-corrected chi connectivity index (χ0v) is 22.3. The van der Waals surface area contributed by atoms with Crippen molar-refractivity contribution in [2.24, 2.45) is 23.7 Å². The van der Waals surface area contributed by atoms with Crippen molar-refractivity contribution >= 4 is 17.4 Å². The lowest BCUT2D eigenvalue weighted by molar-refractivity contribution is -0.382. The molecule has 0 aliphatic carbocycles. The van der Waals surface area contributed by atoms with Gasteiger partial charge in [-0.1, -0.05) is 55.4 Å². The van der Waals surface area contributed by atoms with E-state index in [0.29, 0.717) is 0 Å². The van der Waals surface area contributed by atoms with E-state index >= 15 is 0 Å². The molecule has 0 heterocycles. The Morgan fingerprint density at radius 2 is 0.824 bits per heavy atom. The molecule has 3 nitrogen and oxygen atoms in total. The Kier molecular flexibility index (Phi) is 13.0. The monoisotopic (exact) mass is 558 g/mol. The molecule has 0 amide bonds. The van der Waals surface area contributed by atoms with Crippen LogP contribution in [0.25, 0.3) is 0 Å². The van der Waals surface area contributed by atoms with Crippen LogP contribution < -0.4 is 0 Å². The highest BCUT2D eigenvalue weighted by molar-refractivity contribution is 7.86. The van der Waals surface area contributed by atoms with Gasteiger partial charge in [-0.2, -0.15) is 39.5 Å². The van der Waals surface area contributed by atoms with Gasteiger partial charge < -0.3 is 4.55 Å². The average molecular weight is 559 g/mol. The smallest absolute Gasteiger partial charge is 0.460 e. The molecule has 0 aliphatic heterocycles. The third-order valence-electron chi connectivity index (χ3n) is 4.44. The van der Waals surface area contributed by atoms with Gasteiger partial charge in [0.1, 0.15) is 0 Å². The summed E-state index contributed by atoms with van der Waals surface area (Å²) >= 11 is 0. The molecule has 0 aromatic carbocycles. The largest absolute Gasteiger partial charge is 0.743 e. The third-order valence-corrected chi connectivity index (χ3v) is 11.3. The molecule has 34 heavy (non-hydrogen) atoms. The van der Waals surface area contributed by atoms with Crippen molar-refractivity contribution < 1.29 is 52.5 Å². The van der Waals surface area contributed by atoms with Crippen LogP contribution in [-0.2, 0) is 10.1 Å². The quantitative estimate of drug-likeness (QED) is 0.149. The van der Waals surface area contributed by atoms with Crippen molar-refractivity contribution in [2.75, 3.05) is 24.6 Å². The van der Waals surface area contributed by atoms with Crippen LogP contribution in [0.15, 0.2) is 0 Å². The highest BCUT2D eigenvalue weighted by Crippen LogP contribution is 2.63. The Hall–Kier alpha value is -0.290. The first-order valence-electron chi connectivity index (χ1n) is 10.7. The van der Waals surface area contributed by atoms with Crippen LogP contribution in [0.3, 0.4) is 0 Å². The second kappa shape index (κ2) is 12.3. The molecule has 0 aromatic rings. The molecule has 0 aromatic heterocycles. The molecular weight excluding hydrogens is 522 g/mol. The third kappa shape index (κ3) is 9.64. The van der Waals surface area contributed by atoms with Crippen molar-refractivity contribution in [1.82, 2.24) is 0 Å². The first kappa shape index (κ1) is 35.9. The van der Waals surface area contributed by atoms with Gasteiger partial charge in [-0.15, -0.1) is 0 Å². The van der Waals surface area contributed by atoms with E-state index in [9.17, 15) is 52.5 Å². The molecule has 0 N–H and O–H groups in total. The summed E-state index contributed by atoms with van der Waals surface area (Å²) in [5.74, 6) is -11.3. The maximum absolute atomic E-state index is 12.2. The maximum Gasteiger partial charge on any atom is 0.460 e. The normalized spacial score (nSPS) is 14.8. The standard InChI is InChI=1S/C16H36P.C4HF9O3S/c1-13(2)9-17(10-14(3)4,11-15(5)6)12-16(7)8;5-1(6,3(9,10)11)2(7,8)4(12,13)17(14,15)16/h13-16H,9-12H2,1-8H3;(H,14,15,16)/q+1;/p-1. The first-order chi connectivity index (χ1) is 14.7. The highest BCUT2D eigenvalue weighted by atomic mass is 32.2. The molecule has 0 bridgehead atoms. The minimum Gasteiger partial charge on any atom is -0.743 e. The van der Waals surface area contributed by atoms with E-state index in [-0.39, 0.29) is 0 Å². The lowest BCUT2D eigenvalue weighted by Gasteiger charge is -2.34. The van der Waals surface area contributed by atoms with E-state index in [1.165, 1.54) is 24.6 Å². The van der Waals surface area contributed by atoms with Crippen LogP contribution in [0.1, 0.15) is 55.4 Å². The number of rotatable bonds is 11. The van der Waals surface area contributed by atoms with Crippen LogP contribution in [-0.4, -0.2) is 60.9 Å². The summed E-state index contributed by atoms with van der Waals surface area (Å²) in [5.41, 5.74) is 0. The van der Waals surface area contributed by atoms with Crippen LogP contribution in [0.5, 0.6) is 0 Å². The molecule has 0 spiro atoms. The topological polar surface area (TPSA) is 57.2 Å². The summed E-state index contributed by atoms with van der Waals surface area (Å²) in [4.78, 5) is 0. The van der Waals surface area contributed by atoms with E-state index in [4.69, 9.17) is 0 Å². The summed E-state index contributed by atoms with van der Waals surface area (Å²) in [5, 5.41) is -7.11. The predicted octanol–water partition coefficient (Wildman–Crippen LogP) is 7.59. The fourth-order valence-electron chi connectivity index (χ4n) is 4.06. The average Bonchev–Trinajstić information content (AvgIpc) is 2.49. The number of hydrogen-bond donors (Lipinski definition) is 0. The number of halogens is 9. The highest BCUT2D eigenvalue weighted by Gasteiger charge is 2.83. The number of alkyl halides is 9. The molecule has 208 valence electrons. The maximum atomic E-state index is 12.2. The van der Waals surface area contributed by atoms with Crippen molar-refractivity contribution in [3.8, 4) is 0 Å². The Morgan fingerprint density at radius 3 is 0.971 bits per heavy atom. The van der Waals surface area contributed by atoms with Gasteiger partial charge in [0.05, 0.1) is 24.6 Å². The van der Waals surface area contributed by atoms with E-state index < -0.39 is 40.7 Å². The Labute approximate surface area is 197 Å². The molecule has 0 radical (unpaired) electrons.